The van der Waals surface area contributed by atoms with Crippen LogP contribution in [-0.4, -0.2) is 34.5 Å². The first-order valence-electron chi connectivity index (χ1n) is 11.1. The van der Waals surface area contributed by atoms with Crippen molar-refractivity contribution in [2.45, 2.75) is 57.8 Å². The number of aliphatic carboxylic acids is 1. The van der Waals surface area contributed by atoms with Gasteiger partial charge < -0.3 is 20.8 Å². The SMILES string of the molecule is O=C(O)CCCCCCCNC(=O)CCCc1ccc(NC(=O)c2ccccc2O)cc1. The third-order valence-electron chi connectivity index (χ3n) is 5.12. The Morgan fingerprint density at radius 1 is 0.781 bits per heavy atom. The van der Waals surface area contributed by atoms with Crippen LogP contribution in [0.15, 0.2) is 48.5 Å². The number of anilines is 1. The van der Waals surface area contributed by atoms with Gasteiger partial charge in [-0.3, -0.25) is 14.4 Å². The molecule has 2 amide bonds. The number of carboxylic acid groups (broad SMARTS) is 1. The Bertz CT molecular complexity index is 880. The van der Waals surface area contributed by atoms with Crippen molar-refractivity contribution in [1.82, 2.24) is 5.32 Å². The van der Waals surface area contributed by atoms with Crippen molar-refractivity contribution in [2.75, 3.05) is 11.9 Å². The van der Waals surface area contributed by atoms with E-state index in [2.05, 4.69) is 10.6 Å². The number of phenols is 1. The van der Waals surface area contributed by atoms with E-state index in [9.17, 15) is 19.5 Å². The molecule has 2 aromatic carbocycles. The monoisotopic (exact) mass is 440 g/mol. The average Bonchev–Trinajstić information content (AvgIpc) is 2.77. The summed E-state index contributed by atoms with van der Waals surface area (Å²) in [5.74, 6) is -1.13. The maximum Gasteiger partial charge on any atom is 0.303 e. The molecule has 0 aliphatic heterocycles. The van der Waals surface area contributed by atoms with Gasteiger partial charge in [0.25, 0.3) is 5.91 Å². The van der Waals surface area contributed by atoms with Crippen LogP contribution in [0.2, 0.25) is 0 Å². The normalized spacial score (nSPS) is 10.5. The van der Waals surface area contributed by atoms with Crippen molar-refractivity contribution in [3.05, 3.63) is 59.7 Å². The lowest BCUT2D eigenvalue weighted by Crippen LogP contribution is -2.24. The summed E-state index contributed by atoms with van der Waals surface area (Å²) in [4.78, 5) is 34.6. The summed E-state index contributed by atoms with van der Waals surface area (Å²) in [6, 6.07) is 13.8. The molecule has 0 aliphatic rings. The molecule has 0 radical (unpaired) electrons. The number of hydrogen-bond acceptors (Lipinski definition) is 4. The molecule has 172 valence electrons. The Labute approximate surface area is 188 Å². The summed E-state index contributed by atoms with van der Waals surface area (Å²) < 4.78 is 0. The lowest BCUT2D eigenvalue weighted by atomic mass is 10.1. The van der Waals surface area contributed by atoms with Crippen molar-refractivity contribution < 1.29 is 24.6 Å². The zero-order valence-electron chi connectivity index (χ0n) is 18.3. The Balaban J connectivity index is 1.58. The number of rotatable bonds is 14. The second-order valence-electron chi connectivity index (χ2n) is 7.78. The lowest BCUT2D eigenvalue weighted by Gasteiger charge is -2.08. The van der Waals surface area contributed by atoms with Crippen molar-refractivity contribution in [3.63, 3.8) is 0 Å². The van der Waals surface area contributed by atoms with Crippen molar-refractivity contribution in [2.24, 2.45) is 0 Å². The van der Waals surface area contributed by atoms with E-state index in [4.69, 9.17) is 5.11 Å². The van der Waals surface area contributed by atoms with Gasteiger partial charge in [-0.25, -0.2) is 0 Å². The Hall–Kier alpha value is -3.35. The van der Waals surface area contributed by atoms with Crippen LogP contribution >= 0.6 is 0 Å². The molecule has 0 bridgehead atoms. The topological polar surface area (TPSA) is 116 Å². The Morgan fingerprint density at radius 3 is 2.19 bits per heavy atom. The zero-order valence-corrected chi connectivity index (χ0v) is 18.3. The van der Waals surface area contributed by atoms with Crippen LogP contribution < -0.4 is 10.6 Å². The van der Waals surface area contributed by atoms with Gasteiger partial charge in [-0.15, -0.1) is 0 Å². The first-order valence-corrected chi connectivity index (χ1v) is 11.1. The number of carbonyl (C=O) groups excluding carboxylic acids is 2. The largest absolute Gasteiger partial charge is 0.507 e. The molecule has 0 fully saturated rings. The third-order valence-corrected chi connectivity index (χ3v) is 5.12. The van der Waals surface area contributed by atoms with Gasteiger partial charge in [-0.2, -0.15) is 0 Å². The number of carboxylic acids is 1. The van der Waals surface area contributed by atoms with Crippen LogP contribution in [0.4, 0.5) is 5.69 Å². The van der Waals surface area contributed by atoms with Crippen LogP contribution in [0.1, 0.15) is 67.3 Å². The van der Waals surface area contributed by atoms with E-state index in [1.165, 1.54) is 6.07 Å². The van der Waals surface area contributed by atoms with Crippen LogP contribution in [0.25, 0.3) is 0 Å². The van der Waals surface area contributed by atoms with Gasteiger partial charge in [0.1, 0.15) is 5.75 Å². The quantitative estimate of drug-likeness (QED) is 0.323. The molecule has 2 aromatic rings. The molecule has 0 spiro atoms. The molecular weight excluding hydrogens is 408 g/mol. The standard InChI is InChI=1S/C25H32N2O5/c28-22-11-6-5-10-21(22)25(32)27-20-16-14-19(15-17-20)9-8-12-23(29)26-18-7-3-1-2-4-13-24(30)31/h5-6,10-11,14-17,28H,1-4,7-9,12-13,18H2,(H,26,29)(H,27,32)(H,30,31). The van der Waals surface area contributed by atoms with Gasteiger partial charge >= 0.3 is 5.97 Å². The van der Waals surface area contributed by atoms with E-state index in [0.717, 1.165) is 44.1 Å². The third kappa shape index (κ3) is 9.64. The number of carbonyl (C=O) groups is 3. The molecule has 0 saturated carbocycles. The number of amides is 2. The smallest absolute Gasteiger partial charge is 0.303 e. The molecule has 0 heterocycles. The summed E-state index contributed by atoms with van der Waals surface area (Å²) in [6.45, 7) is 0.656. The Kier molecular flexibility index (Phi) is 10.8. The number of phenolic OH excluding ortho intramolecular Hbond substituents is 1. The van der Waals surface area contributed by atoms with E-state index in [0.29, 0.717) is 25.1 Å². The molecule has 0 saturated heterocycles. The highest BCUT2D eigenvalue weighted by molar-refractivity contribution is 6.06. The van der Waals surface area contributed by atoms with E-state index < -0.39 is 5.97 Å². The number of aromatic hydroxyl groups is 1. The van der Waals surface area contributed by atoms with Crippen LogP contribution in [-0.2, 0) is 16.0 Å². The van der Waals surface area contributed by atoms with E-state index in [1.807, 2.05) is 24.3 Å². The molecule has 0 atom stereocenters. The van der Waals surface area contributed by atoms with Gasteiger partial charge in [-0.1, -0.05) is 43.5 Å². The fourth-order valence-corrected chi connectivity index (χ4v) is 3.32. The number of benzene rings is 2. The van der Waals surface area contributed by atoms with Crippen molar-refractivity contribution in [1.29, 1.82) is 0 Å². The summed E-state index contributed by atoms with van der Waals surface area (Å²) in [5, 5.41) is 24.0. The summed E-state index contributed by atoms with van der Waals surface area (Å²) in [7, 11) is 0. The maximum absolute atomic E-state index is 12.2. The van der Waals surface area contributed by atoms with Gasteiger partial charge in [0.05, 0.1) is 5.56 Å². The molecule has 0 aromatic heterocycles. The number of nitrogens with one attached hydrogen (secondary N) is 2. The van der Waals surface area contributed by atoms with Crippen LogP contribution in [0.5, 0.6) is 5.75 Å². The molecule has 2 rings (SSSR count). The molecule has 32 heavy (non-hydrogen) atoms. The van der Waals surface area contributed by atoms with Crippen molar-refractivity contribution in [3.8, 4) is 5.75 Å². The summed E-state index contributed by atoms with van der Waals surface area (Å²) >= 11 is 0. The first kappa shape index (κ1) is 24.9. The highest BCUT2D eigenvalue weighted by atomic mass is 16.4. The average molecular weight is 441 g/mol. The van der Waals surface area contributed by atoms with E-state index in [1.54, 1.807) is 18.2 Å². The van der Waals surface area contributed by atoms with Crippen molar-refractivity contribution >= 4 is 23.5 Å². The van der Waals surface area contributed by atoms with Gasteiger partial charge in [-0.05, 0) is 55.5 Å². The summed E-state index contributed by atoms with van der Waals surface area (Å²) in [5.41, 5.74) is 1.95. The van der Waals surface area contributed by atoms with Crippen LogP contribution in [0.3, 0.4) is 0 Å². The second-order valence-corrected chi connectivity index (χ2v) is 7.78. The fraction of sp³-hybridized carbons (Fsp3) is 0.400. The summed E-state index contributed by atoms with van der Waals surface area (Å²) in [6.07, 6.45) is 6.72. The minimum absolute atomic E-state index is 0.0439. The number of unbranched alkanes of at least 4 members (excludes halogenated alkanes) is 4. The van der Waals surface area contributed by atoms with Gasteiger partial charge in [0.15, 0.2) is 0 Å². The van der Waals surface area contributed by atoms with Gasteiger partial charge in [0.2, 0.25) is 5.91 Å². The van der Waals surface area contributed by atoms with E-state index >= 15 is 0 Å². The number of hydrogen-bond donors (Lipinski definition) is 4. The van der Waals surface area contributed by atoms with E-state index in [-0.39, 0.29) is 29.5 Å². The minimum atomic E-state index is -0.746. The molecule has 4 N–H and O–H groups in total. The molecule has 7 heteroatoms. The lowest BCUT2D eigenvalue weighted by molar-refractivity contribution is -0.137. The number of aryl methyl sites for hydroxylation is 1. The highest BCUT2D eigenvalue weighted by Gasteiger charge is 2.10. The predicted molar refractivity (Wildman–Crippen MR) is 124 cm³/mol. The molecule has 0 unspecified atom stereocenters. The zero-order chi connectivity index (χ0) is 23.2. The highest BCUT2D eigenvalue weighted by Crippen LogP contribution is 2.18. The minimum Gasteiger partial charge on any atom is -0.507 e. The molecular formula is C25H32N2O5. The predicted octanol–water partition coefficient (Wildman–Crippen LogP) is 4.51. The van der Waals surface area contributed by atoms with Crippen LogP contribution in [0, 0.1) is 0 Å². The maximum atomic E-state index is 12.2. The second kappa shape index (κ2) is 13.9. The fourth-order valence-electron chi connectivity index (χ4n) is 3.32. The molecule has 0 aliphatic carbocycles. The number of para-hydroxylation sites is 1. The first-order chi connectivity index (χ1) is 15.5. The van der Waals surface area contributed by atoms with Gasteiger partial charge in [0, 0.05) is 25.1 Å². The molecule has 7 nitrogen and oxygen atoms in total. The Morgan fingerprint density at radius 2 is 1.47 bits per heavy atom.